The molecule has 0 amide bonds. The van der Waals surface area contributed by atoms with Crippen LogP contribution in [0.4, 0.5) is 0 Å². The fourth-order valence-electron chi connectivity index (χ4n) is 2.36. The van der Waals surface area contributed by atoms with Crippen LogP contribution in [0.2, 0.25) is 0 Å². The van der Waals surface area contributed by atoms with Gasteiger partial charge in [-0.1, -0.05) is 38.8 Å². The third-order valence-corrected chi connectivity index (χ3v) is 3.73. The molecule has 1 heterocycles. The highest BCUT2D eigenvalue weighted by Gasteiger charge is 2.27. The molecular formula is C14H27N. The highest BCUT2D eigenvalue weighted by atomic mass is 15.2. The minimum Gasteiger partial charge on any atom is -0.294 e. The third kappa shape index (κ3) is 3.64. The Balaban J connectivity index is 2.56. The minimum atomic E-state index is 0.315. The Morgan fingerprint density at radius 2 is 1.80 bits per heavy atom. The monoisotopic (exact) mass is 209 g/mol. The van der Waals surface area contributed by atoms with Gasteiger partial charge in [0.1, 0.15) is 0 Å². The Kier molecular flexibility index (Phi) is 5.38. The Morgan fingerprint density at radius 3 is 2.33 bits per heavy atom. The average molecular weight is 209 g/mol. The molecule has 0 saturated carbocycles. The van der Waals surface area contributed by atoms with Crippen molar-refractivity contribution in [2.45, 2.75) is 64.8 Å². The number of hydrogen-bond donors (Lipinski definition) is 0. The summed E-state index contributed by atoms with van der Waals surface area (Å²) >= 11 is 0. The molecule has 0 bridgehead atoms. The van der Waals surface area contributed by atoms with E-state index >= 15 is 0 Å². The Labute approximate surface area is 95.5 Å². The summed E-state index contributed by atoms with van der Waals surface area (Å²) in [6.07, 6.45) is 12.7. The van der Waals surface area contributed by atoms with Gasteiger partial charge in [-0.3, -0.25) is 4.90 Å². The number of allylic oxidation sites excluding steroid dienone is 1. The van der Waals surface area contributed by atoms with Gasteiger partial charge in [0.25, 0.3) is 0 Å². The number of rotatable bonds is 5. The van der Waals surface area contributed by atoms with Crippen molar-refractivity contribution in [3.8, 4) is 0 Å². The van der Waals surface area contributed by atoms with Gasteiger partial charge in [0.2, 0.25) is 0 Å². The molecule has 0 N–H and O–H groups in total. The van der Waals surface area contributed by atoms with Gasteiger partial charge in [-0.2, -0.15) is 0 Å². The van der Waals surface area contributed by atoms with Crippen LogP contribution in [0.15, 0.2) is 12.2 Å². The molecule has 0 radical (unpaired) electrons. The van der Waals surface area contributed by atoms with Crippen LogP contribution in [0.3, 0.4) is 0 Å². The van der Waals surface area contributed by atoms with Crippen molar-refractivity contribution < 1.29 is 0 Å². The van der Waals surface area contributed by atoms with E-state index in [0.29, 0.717) is 5.54 Å². The summed E-state index contributed by atoms with van der Waals surface area (Å²) in [5.41, 5.74) is 0.315. The zero-order chi connectivity index (χ0) is 11.1. The maximum atomic E-state index is 2.67. The summed E-state index contributed by atoms with van der Waals surface area (Å²) in [5, 5.41) is 0. The van der Waals surface area contributed by atoms with Crippen LogP contribution in [-0.4, -0.2) is 23.5 Å². The molecule has 0 aliphatic carbocycles. The summed E-state index contributed by atoms with van der Waals surface area (Å²) in [7, 11) is 0. The normalized spacial score (nSPS) is 23.1. The molecule has 88 valence electrons. The summed E-state index contributed by atoms with van der Waals surface area (Å²) < 4.78 is 0. The lowest BCUT2D eigenvalue weighted by Crippen LogP contribution is -2.47. The molecule has 0 spiro atoms. The van der Waals surface area contributed by atoms with Crippen LogP contribution < -0.4 is 0 Å². The van der Waals surface area contributed by atoms with Crippen LogP contribution in [0.25, 0.3) is 0 Å². The molecule has 1 fully saturated rings. The predicted octanol–water partition coefficient (Wildman–Crippen LogP) is 4.00. The molecule has 0 aromatic heterocycles. The average Bonchev–Trinajstić information content (AvgIpc) is 2.30. The SMILES string of the molecule is CCCC=C[C@](C)(CC)N1CCCCC1. The molecule has 1 atom stereocenters. The van der Waals surface area contributed by atoms with E-state index in [9.17, 15) is 0 Å². The molecule has 1 rings (SSSR count). The van der Waals surface area contributed by atoms with Crippen molar-refractivity contribution in [1.82, 2.24) is 4.90 Å². The molecule has 1 aliphatic heterocycles. The minimum absolute atomic E-state index is 0.315. The van der Waals surface area contributed by atoms with E-state index in [1.807, 2.05) is 0 Å². The fraction of sp³-hybridized carbons (Fsp3) is 0.857. The van der Waals surface area contributed by atoms with Crippen LogP contribution in [0.5, 0.6) is 0 Å². The molecule has 0 aromatic rings. The van der Waals surface area contributed by atoms with Crippen molar-refractivity contribution in [2.75, 3.05) is 13.1 Å². The van der Waals surface area contributed by atoms with Crippen LogP contribution in [0, 0.1) is 0 Å². The molecule has 1 heteroatoms. The van der Waals surface area contributed by atoms with Crippen molar-refractivity contribution in [2.24, 2.45) is 0 Å². The number of nitrogens with zero attached hydrogens (tertiary/aromatic N) is 1. The Bertz CT molecular complexity index is 192. The van der Waals surface area contributed by atoms with Gasteiger partial charge in [-0.25, -0.2) is 0 Å². The van der Waals surface area contributed by atoms with E-state index in [-0.39, 0.29) is 0 Å². The van der Waals surface area contributed by atoms with Gasteiger partial charge in [-0.05, 0) is 45.7 Å². The van der Waals surface area contributed by atoms with E-state index in [4.69, 9.17) is 0 Å². The lowest BCUT2D eigenvalue weighted by molar-refractivity contribution is 0.115. The first-order valence-electron chi connectivity index (χ1n) is 6.65. The van der Waals surface area contributed by atoms with Gasteiger partial charge < -0.3 is 0 Å². The van der Waals surface area contributed by atoms with Crippen LogP contribution in [0.1, 0.15) is 59.3 Å². The highest BCUT2D eigenvalue weighted by molar-refractivity contribution is 5.05. The molecule has 0 aromatic carbocycles. The number of piperidine rings is 1. The fourth-order valence-corrected chi connectivity index (χ4v) is 2.36. The summed E-state index contributed by atoms with van der Waals surface area (Å²) in [6.45, 7) is 9.53. The smallest absolute Gasteiger partial charge is 0.0360 e. The Morgan fingerprint density at radius 1 is 1.13 bits per heavy atom. The zero-order valence-corrected chi connectivity index (χ0v) is 10.8. The van der Waals surface area contributed by atoms with Gasteiger partial charge >= 0.3 is 0 Å². The molecule has 1 aliphatic rings. The maximum Gasteiger partial charge on any atom is 0.0360 e. The lowest BCUT2D eigenvalue weighted by atomic mass is 9.92. The molecule has 1 nitrogen and oxygen atoms in total. The second-order valence-corrected chi connectivity index (χ2v) is 4.95. The summed E-state index contributed by atoms with van der Waals surface area (Å²) in [6, 6.07) is 0. The Hall–Kier alpha value is -0.300. The number of hydrogen-bond acceptors (Lipinski definition) is 1. The van der Waals surface area contributed by atoms with E-state index in [0.717, 1.165) is 0 Å². The van der Waals surface area contributed by atoms with Crippen molar-refractivity contribution in [3.05, 3.63) is 12.2 Å². The predicted molar refractivity (Wildman–Crippen MR) is 68.2 cm³/mol. The largest absolute Gasteiger partial charge is 0.294 e. The van der Waals surface area contributed by atoms with Crippen molar-refractivity contribution in [1.29, 1.82) is 0 Å². The van der Waals surface area contributed by atoms with E-state index in [1.165, 1.54) is 51.6 Å². The van der Waals surface area contributed by atoms with Crippen LogP contribution in [-0.2, 0) is 0 Å². The summed E-state index contributed by atoms with van der Waals surface area (Å²) in [5.74, 6) is 0. The van der Waals surface area contributed by atoms with Crippen molar-refractivity contribution in [3.63, 3.8) is 0 Å². The van der Waals surface area contributed by atoms with Gasteiger partial charge in [0.15, 0.2) is 0 Å². The quantitative estimate of drug-likeness (QED) is 0.619. The zero-order valence-electron chi connectivity index (χ0n) is 10.8. The van der Waals surface area contributed by atoms with Gasteiger partial charge in [-0.15, -0.1) is 0 Å². The second kappa shape index (κ2) is 6.32. The van der Waals surface area contributed by atoms with E-state index < -0.39 is 0 Å². The second-order valence-electron chi connectivity index (χ2n) is 4.95. The molecule has 1 saturated heterocycles. The first kappa shape index (κ1) is 12.8. The molecular weight excluding hydrogens is 182 g/mol. The number of unbranched alkanes of at least 4 members (excludes halogenated alkanes) is 1. The number of likely N-dealkylation sites (tertiary alicyclic amines) is 1. The van der Waals surface area contributed by atoms with Crippen LogP contribution >= 0.6 is 0 Å². The first-order chi connectivity index (χ1) is 7.23. The molecule has 15 heavy (non-hydrogen) atoms. The molecule has 0 unspecified atom stereocenters. The van der Waals surface area contributed by atoms with Gasteiger partial charge in [0, 0.05) is 5.54 Å². The topological polar surface area (TPSA) is 3.24 Å². The highest BCUT2D eigenvalue weighted by Crippen LogP contribution is 2.25. The first-order valence-corrected chi connectivity index (χ1v) is 6.65. The van der Waals surface area contributed by atoms with Crippen molar-refractivity contribution >= 4 is 0 Å². The van der Waals surface area contributed by atoms with E-state index in [1.54, 1.807) is 0 Å². The maximum absolute atomic E-state index is 2.67. The van der Waals surface area contributed by atoms with E-state index in [2.05, 4.69) is 37.8 Å². The summed E-state index contributed by atoms with van der Waals surface area (Å²) in [4.78, 5) is 2.67. The standard InChI is InChI=1S/C14H27N/c1-4-6-8-11-14(3,5-2)15-12-9-7-10-13-15/h8,11H,4-7,9-10,12-13H2,1-3H3/t14-/m0/s1. The van der Waals surface area contributed by atoms with Gasteiger partial charge in [0.05, 0.1) is 0 Å². The lowest BCUT2D eigenvalue weighted by Gasteiger charge is -2.41. The third-order valence-electron chi connectivity index (χ3n) is 3.73.